The largest absolute Gasteiger partial charge is 0.376 e. The molecule has 5 nitrogen and oxygen atoms in total. The summed E-state index contributed by atoms with van der Waals surface area (Å²) in [4.78, 5) is 11.1. The maximum absolute atomic E-state index is 5.46. The van der Waals surface area contributed by atoms with Crippen LogP contribution >= 0.6 is 12.2 Å². The second kappa shape index (κ2) is 6.49. The molecule has 0 spiro atoms. The molecule has 0 aliphatic heterocycles. The highest BCUT2D eigenvalue weighted by molar-refractivity contribution is 7.80. The molecule has 0 bridgehead atoms. The molecule has 2 rings (SSSR count). The second-order valence-electron chi connectivity index (χ2n) is 4.73. The predicted octanol–water partition coefficient (Wildman–Crippen LogP) is 2.91. The number of nitrogens with one attached hydrogen (secondary N) is 1. The van der Waals surface area contributed by atoms with Gasteiger partial charge in [0.2, 0.25) is 5.95 Å². The first kappa shape index (κ1) is 15.2. The number of aromatic nitrogens is 2. The van der Waals surface area contributed by atoms with Crippen molar-refractivity contribution in [3.05, 3.63) is 41.7 Å². The number of aryl methyl sites for hydroxylation is 2. The zero-order valence-corrected chi connectivity index (χ0v) is 13.2. The van der Waals surface area contributed by atoms with Crippen LogP contribution in [0.15, 0.2) is 30.3 Å². The van der Waals surface area contributed by atoms with Crippen LogP contribution in [0.3, 0.4) is 0 Å². The molecule has 0 saturated carbocycles. The maximum atomic E-state index is 5.46. The zero-order chi connectivity index (χ0) is 15.4. The van der Waals surface area contributed by atoms with E-state index < -0.39 is 0 Å². The zero-order valence-electron chi connectivity index (χ0n) is 12.4. The molecule has 1 aromatic carbocycles. The monoisotopic (exact) mass is 301 g/mol. The normalized spacial score (nSPS) is 10.2. The molecule has 0 aliphatic rings. The molecule has 0 amide bonds. The highest BCUT2D eigenvalue weighted by Gasteiger charge is 2.11. The van der Waals surface area contributed by atoms with E-state index in [9.17, 15) is 0 Å². The van der Waals surface area contributed by atoms with Gasteiger partial charge in [-0.3, -0.25) is 0 Å². The Labute approximate surface area is 130 Å². The third-order valence-corrected chi connectivity index (χ3v) is 3.08. The number of hydrogen-bond donors (Lipinski definition) is 2. The molecular weight excluding hydrogens is 282 g/mol. The summed E-state index contributed by atoms with van der Waals surface area (Å²) in [5.41, 5.74) is 9.27. The van der Waals surface area contributed by atoms with Gasteiger partial charge in [-0.25, -0.2) is 9.97 Å². The van der Waals surface area contributed by atoms with E-state index in [0.717, 1.165) is 29.3 Å². The first-order valence-electron chi connectivity index (χ1n) is 6.76. The lowest BCUT2D eigenvalue weighted by atomic mass is 10.2. The van der Waals surface area contributed by atoms with Crippen LogP contribution in [0, 0.1) is 13.8 Å². The fourth-order valence-corrected chi connectivity index (χ4v) is 2.25. The highest BCUT2D eigenvalue weighted by atomic mass is 32.1. The molecule has 0 radical (unpaired) electrons. The summed E-state index contributed by atoms with van der Waals surface area (Å²) >= 11 is 4.83. The van der Waals surface area contributed by atoms with Gasteiger partial charge in [-0.1, -0.05) is 0 Å². The second-order valence-corrected chi connectivity index (χ2v) is 5.17. The number of thiocarbonyl (C=S) groups is 1. The van der Waals surface area contributed by atoms with Crippen LogP contribution in [0.4, 0.5) is 17.3 Å². The Kier molecular flexibility index (Phi) is 4.70. The van der Waals surface area contributed by atoms with Gasteiger partial charge in [-0.15, -0.1) is 0 Å². The summed E-state index contributed by atoms with van der Waals surface area (Å²) in [5.74, 6) is 0.713. The molecule has 0 unspecified atom stereocenters. The van der Waals surface area contributed by atoms with Crippen molar-refractivity contribution in [2.45, 2.75) is 20.8 Å². The van der Waals surface area contributed by atoms with E-state index in [4.69, 9.17) is 18.0 Å². The minimum atomic E-state index is 0.257. The number of benzene rings is 1. The van der Waals surface area contributed by atoms with Crippen LogP contribution in [0.2, 0.25) is 0 Å². The standard InChI is InChI=1S/C15H19N5S/c1-4-20(15-17-10(2)9-11(3)18-15)13-7-5-12(6-8-13)19-14(16)21/h5-9H,4H2,1-3H3,(H3,16,19,21). The van der Waals surface area contributed by atoms with E-state index in [1.807, 2.05) is 44.2 Å². The van der Waals surface area contributed by atoms with Gasteiger partial charge in [0.1, 0.15) is 0 Å². The Bertz CT molecular complexity index is 619. The van der Waals surface area contributed by atoms with Gasteiger partial charge in [0.15, 0.2) is 5.11 Å². The number of hydrogen-bond acceptors (Lipinski definition) is 4. The smallest absolute Gasteiger partial charge is 0.230 e. The van der Waals surface area contributed by atoms with Crippen LogP contribution in [0.5, 0.6) is 0 Å². The number of anilines is 3. The lowest BCUT2D eigenvalue weighted by molar-refractivity contribution is 0.920. The van der Waals surface area contributed by atoms with Crippen molar-refractivity contribution in [1.82, 2.24) is 9.97 Å². The Morgan fingerprint density at radius 2 is 1.76 bits per heavy atom. The van der Waals surface area contributed by atoms with Crippen molar-refractivity contribution in [2.24, 2.45) is 5.73 Å². The first-order valence-corrected chi connectivity index (χ1v) is 7.16. The Morgan fingerprint density at radius 3 is 2.24 bits per heavy atom. The van der Waals surface area contributed by atoms with E-state index in [1.165, 1.54) is 0 Å². The summed E-state index contributed by atoms with van der Waals surface area (Å²) < 4.78 is 0. The van der Waals surface area contributed by atoms with Crippen LogP contribution < -0.4 is 16.0 Å². The average Bonchev–Trinajstić information content (AvgIpc) is 2.40. The highest BCUT2D eigenvalue weighted by Crippen LogP contribution is 2.24. The number of nitrogens with two attached hydrogens (primary N) is 1. The molecule has 6 heteroatoms. The van der Waals surface area contributed by atoms with Crippen LogP contribution in [0.1, 0.15) is 18.3 Å². The van der Waals surface area contributed by atoms with Crippen molar-refractivity contribution >= 4 is 34.7 Å². The van der Waals surface area contributed by atoms with E-state index in [-0.39, 0.29) is 5.11 Å². The molecule has 21 heavy (non-hydrogen) atoms. The third-order valence-electron chi connectivity index (χ3n) is 2.97. The third kappa shape index (κ3) is 3.88. The number of rotatable bonds is 4. The minimum Gasteiger partial charge on any atom is -0.376 e. The van der Waals surface area contributed by atoms with Crippen molar-refractivity contribution in [3.63, 3.8) is 0 Å². The summed E-state index contributed by atoms with van der Waals surface area (Å²) in [6, 6.07) is 9.81. The molecule has 110 valence electrons. The summed E-state index contributed by atoms with van der Waals surface area (Å²) in [5, 5.41) is 3.16. The van der Waals surface area contributed by atoms with Gasteiger partial charge in [-0.05, 0) is 63.3 Å². The maximum Gasteiger partial charge on any atom is 0.230 e. The van der Waals surface area contributed by atoms with Gasteiger partial charge in [0.05, 0.1) is 0 Å². The topological polar surface area (TPSA) is 67.1 Å². The molecule has 0 saturated heterocycles. The van der Waals surface area contributed by atoms with Gasteiger partial charge in [-0.2, -0.15) is 0 Å². The summed E-state index contributed by atoms with van der Waals surface area (Å²) in [6.07, 6.45) is 0. The van der Waals surface area contributed by atoms with Crippen molar-refractivity contribution < 1.29 is 0 Å². The summed E-state index contributed by atoms with van der Waals surface area (Å²) in [7, 11) is 0. The van der Waals surface area contributed by atoms with Gasteiger partial charge < -0.3 is 16.0 Å². The molecule has 3 N–H and O–H groups in total. The van der Waals surface area contributed by atoms with E-state index in [1.54, 1.807) is 0 Å². The molecule has 2 aromatic rings. The first-order chi connectivity index (χ1) is 9.99. The fraction of sp³-hybridized carbons (Fsp3) is 0.267. The minimum absolute atomic E-state index is 0.257. The quantitative estimate of drug-likeness (QED) is 0.846. The molecule has 1 heterocycles. The SMILES string of the molecule is CCN(c1ccc(NC(N)=S)cc1)c1nc(C)cc(C)n1. The molecule has 0 fully saturated rings. The van der Waals surface area contributed by atoms with Crippen LogP contribution in [0.25, 0.3) is 0 Å². The molecular formula is C15H19N5S. The van der Waals surface area contributed by atoms with Gasteiger partial charge in [0.25, 0.3) is 0 Å². The van der Waals surface area contributed by atoms with E-state index in [2.05, 4.69) is 27.1 Å². The summed E-state index contributed by atoms with van der Waals surface area (Å²) in [6.45, 7) is 6.80. The number of nitrogens with zero attached hydrogens (tertiary/aromatic N) is 3. The molecule has 1 aromatic heterocycles. The Morgan fingerprint density at radius 1 is 1.19 bits per heavy atom. The fourth-order valence-electron chi connectivity index (χ4n) is 2.13. The lowest BCUT2D eigenvalue weighted by Gasteiger charge is -2.22. The molecule has 0 atom stereocenters. The molecule has 0 aliphatic carbocycles. The van der Waals surface area contributed by atoms with Crippen molar-refractivity contribution in [3.8, 4) is 0 Å². The average molecular weight is 301 g/mol. The van der Waals surface area contributed by atoms with Crippen LogP contribution in [-0.4, -0.2) is 21.6 Å². The van der Waals surface area contributed by atoms with Crippen molar-refractivity contribution in [1.29, 1.82) is 0 Å². The predicted molar refractivity (Wildman–Crippen MR) is 91.0 cm³/mol. The van der Waals surface area contributed by atoms with E-state index >= 15 is 0 Å². The van der Waals surface area contributed by atoms with Gasteiger partial charge in [0, 0.05) is 29.3 Å². The Balaban J connectivity index is 2.30. The van der Waals surface area contributed by atoms with E-state index in [0.29, 0.717) is 5.95 Å². The van der Waals surface area contributed by atoms with Crippen molar-refractivity contribution in [2.75, 3.05) is 16.8 Å². The van der Waals surface area contributed by atoms with Crippen LogP contribution in [-0.2, 0) is 0 Å². The Hall–Kier alpha value is -2.21. The van der Waals surface area contributed by atoms with Gasteiger partial charge >= 0.3 is 0 Å². The lowest BCUT2D eigenvalue weighted by Crippen LogP contribution is -2.20.